The molecule has 13 heavy (non-hydrogen) atoms. The topological polar surface area (TPSA) is 55.2 Å². The van der Waals surface area contributed by atoms with Gasteiger partial charge in [0.2, 0.25) is 6.20 Å². The van der Waals surface area contributed by atoms with Crippen LogP contribution in [0.25, 0.3) is 0 Å². The zero-order valence-corrected chi connectivity index (χ0v) is 7.74. The summed E-state index contributed by atoms with van der Waals surface area (Å²) in [5.74, 6) is 0.713. The molecule has 4 heteroatoms. The fourth-order valence-corrected chi connectivity index (χ4v) is 1.74. The maximum atomic E-state index is 9.93. The number of nitro groups is 1. The molecular formula is C9H16N2O2. The van der Waals surface area contributed by atoms with Gasteiger partial charge >= 0.3 is 0 Å². The van der Waals surface area contributed by atoms with Gasteiger partial charge in [0.05, 0.1) is 11.1 Å². The van der Waals surface area contributed by atoms with Gasteiger partial charge in [-0.05, 0) is 18.8 Å². The molecule has 1 rings (SSSR count). The fourth-order valence-electron chi connectivity index (χ4n) is 1.74. The molecule has 0 spiro atoms. The molecule has 0 aromatic rings. The Morgan fingerprint density at radius 2 is 2.08 bits per heavy atom. The highest BCUT2D eigenvalue weighted by Crippen LogP contribution is 2.22. The standard InChI is InChI=1S/C9H16N2O2/c12-11(13)7-6-10-8-9-4-2-1-3-5-9/h6-7,9-10H,1-5,8H2. The predicted octanol–water partition coefficient (Wildman–Crippen LogP) is 1.90. The third-order valence-corrected chi connectivity index (χ3v) is 2.45. The highest BCUT2D eigenvalue weighted by molar-refractivity contribution is 4.74. The van der Waals surface area contributed by atoms with Crippen LogP contribution >= 0.6 is 0 Å². The molecule has 1 saturated carbocycles. The molecule has 0 radical (unpaired) electrons. The highest BCUT2D eigenvalue weighted by atomic mass is 16.6. The Balaban J connectivity index is 2.07. The van der Waals surface area contributed by atoms with E-state index < -0.39 is 4.92 Å². The van der Waals surface area contributed by atoms with Crippen LogP contribution in [0.1, 0.15) is 32.1 Å². The van der Waals surface area contributed by atoms with Crippen molar-refractivity contribution in [3.63, 3.8) is 0 Å². The van der Waals surface area contributed by atoms with E-state index in [1.807, 2.05) is 0 Å². The summed E-state index contributed by atoms with van der Waals surface area (Å²) in [5.41, 5.74) is 0. The number of hydrogen-bond acceptors (Lipinski definition) is 3. The average molecular weight is 184 g/mol. The smallest absolute Gasteiger partial charge is 0.249 e. The first-order valence-corrected chi connectivity index (χ1v) is 4.82. The van der Waals surface area contributed by atoms with Gasteiger partial charge in [0.25, 0.3) is 0 Å². The second-order valence-electron chi connectivity index (χ2n) is 3.51. The molecule has 74 valence electrons. The van der Waals surface area contributed by atoms with Gasteiger partial charge in [0.1, 0.15) is 0 Å². The molecule has 1 aliphatic carbocycles. The number of nitrogens with one attached hydrogen (secondary N) is 1. The quantitative estimate of drug-likeness (QED) is 0.536. The molecule has 1 aliphatic rings. The second-order valence-corrected chi connectivity index (χ2v) is 3.51. The van der Waals surface area contributed by atoms with Crippen LogP contribution in [0.15, 0.2) is 12.4 Å². The van der Waals surface area contributed by atoms with Crippen LogP contribution < -0.4 is 5.32 Å². The molecule has 1 N–H and O–H groups in total. The SMILES string of the molecule is O=[N+]([O-])C=CNCC1CCCCC1. The van der Waals surface area contributed by atoms with E-state index >= 15 is 0 Å². The Morgan fingerprint density at radius 1 is 1.38 bits per heavy atom. The van der Waals surface area contributed by atoms with E-state index in [2.05, 4.69) is 5.32 Å². The molecule has 0 amide bonds. The fraction of sp³-hybridized carbons (Fsp3) is 0.778. The zero-order chi connectivity index (χ0) is 9.52. The van der Waals surface area contributed by atoms with Crippen LogP contribution in [-0.4, -0.2) is 11.5 Å². The van der Waals surface area contributed by atoms with E-state index in [1.54, 1.807) is 0 Å². The van der Waals surface area contributed by atoms with E-state index in [1.165, 1.54) is 38.3 Å². The van der Waals surface area contributed by atoms with Gasteiger partial charge in [-0.25, -0.2) is 0 Å². The highest BCUT2D eigenvalue weighted by Gasteiger charge is 2.11. The molecular weight excluding hydrogens is 168 g/mol. The monoisotopic (exact) mass is 184 g/mol. The second kappa shape index (κ2) is 5.56. The molecule has 0 aromatic carbocycles. The van der Waals surface area contributed by atoms with E-state index in [0.717, 1.165) is 12.7 Å². The largest absolute Gasteiger partial charge is 0.386 e. The third-order valence-electron chi connectivity index (χ3n) is 2.45. The van der Waals surface area contributed by atoms with Gasteiger partial charge in [-0.1, -0.05) is 19.3 Å². The zero-order valence-electron chi connectivity index (χ0n) is 7.74. The molecule has 1 fully saturated rings. The molecule has 0 heterocycles. The molecule has 0 aliphatic heterocycles. The predicted molar refractivity (Wildman–Crippen MR) is 50.7 cm³/mol. The Bertz CT molecular complexity index is 186. The average Bonchev–Trinajstić information content (AvgIpc) is 2.14. The summed E-state index contributed by atoms with van der Waals surface area (Å²) < 4.78 is 0. The first-order valence-electron chi connectivity index (χ1n) is 4.82. The van der Waals surface area contributed by atoms with Gasteiger partial charge in [-0.2, -0.15) is 0 Å². The first-order chi connectivity index (χ1) is 6.29. The molecule has 0 bridgehead atoms. The lowest BCUT2D eigenvalue weighted by Gasteiger charge is -2.20. The van der Waals surface area contributed by atoms with Crippen LogP contribution in [0.5, 0.6) is 0 Å². The summed E-state index contributed by atoms with van der Waals surface area (Å²) in [7, 11) is 0. The molecule has 0 unspecified atom stereocenters. The Morgan fingerprint density at radius 3 is 2.69 bits per heavy atom. The minimum Gasteiger partial charge on any atom is -0.386 e. The van der Waals surface area contributed by atoms with Crippen molar-refractivity contribution in [1.29, 1.82) is 0 Å². The Hall–Kier alpha value is -1.06. The number of hydrogen-bond donors (Lipinski definition) is 1. The van der Waals surface area contributed by atoms with E-state index in [4.69, 9.17) is 0 Å². The Kier molecular flexibility index (Phi) is 4.29. The lowest BCUT2D eigenvalue weighted by atomic mass is 9.89. The van der Waals surface area contributed by atoms with Crippen LogP contribution in [0.2, 0.25) is 0 Å². The van der Waals surface area contributed by atoms with Crippen LogP contribution in [0.3, 0.4) is 0 Å². The van der Waals surface area contributed by atoms with Crippen molar-refractivity contribution in [3.8, 4) is 0 Å². The van der Waals surface area contributed by atoms with Gasteiger partial charge in [0, 0.05) is 6.54 Å². The minimum absolute atomic E-state index is 0.451. The third kappa shape index (κ3) is 4.50. The number of nitrogens with zero attached hydrogens (tertiary/aromatic N) is 1. The Labute approximate surface area is 78.2 Å². The first kappa shape index (κ1) is 10.0. The lowest BCUT2D eigenvalue weighted by molar-refractivity contribution is -0.402. The van der Waals surface area contributed by atoms with Crippen molar-refractivity contribution >= 4 is 0 Å². The van der Waals surface area contributed by atoms with Crippen LogP contribution in [0.4, 0.5) is 0 Å². The van der Waals surface area contributed by atoms with Crippen molar-refractivity contribution in [3.05, 3.63) is 22.5 Å². The van der Waals surface area contributed by atoms with E-state index in [-0.39, 0.29) is 0 Å². The van der Waals surface area contributed by atoms with E-state index in [0.29, 0.717) is 5.92 Å². The summed E-state index contributed by atoms with van der Waals surface area (Å²) in [6.07, 6.45) is 8.87. The van der Waals surface area contributed by atoms with Gasteiger partial charge in [0.15, 0.2) is 0 Å². The van der Waals surface area contributed by atoms with Crippen molar-refractivity contribution in [2.24, 2.45) is 5.92 Å². The molecule has 0 atom stereocenters. The van der Waals surface area contributed by atoms with Crippen LogP contribution in [0, 0.1) is 16.0 Å². The summed E-state index contributed by atoms with van der Waals surface area (Å²) in [4.78, 5) is 9.48. The summed E-state index contributed by atoms with van der Waals surface area (Å²) in [6.45, 7) is 0.879. The molecule has 4 nitrogen and oxygen atoms in total. The summed E-state index contributed by atoms with van der Waals surface area (Å²) in [5, 5.41) is 12.9. The maximum Gasteiger partial charge on any atom is 0.249 e. The summed E-state index contributed by atoms with van der Waals surface area (Å²) in [6, 6.07) is 0. The van der Waals surface area contributed by atoms with Crippen molar-refractivity contribution in [1.82, 2.24) is 5.32 Å². The van der Waals surface area contributed by atoms with Crippen molar-refractivity contribution in [2.45, 2.75) is 32.1 Å². The maximum absolute atomic E-state index is 9.93. The van der Waals surface area contributed by atoms with Gasteiger partial charge in [-0.3, -0.25) is 10.1 Å². The molecule has 0 saturated heterocycles. The minimum atomic E-state index is -0.451. The lowest BCUT2D eigenvalue weighted by Crippen LogP contribution is -2.20. The van der Waals surface area contributed by atoms with Crippen molar-refractivity contribution < 1.29 is 4.92 Å². The number of rotatable bonds is 4. The molecule has 0 aromatic heterocycles. The van der Waals surface area contributed by atoms with Crippen LogP contribution in [-0.2, 0) is 0 Å². The van der Waals surface area contributed by atoms with Gasteiger partial charge < -0.3 is 5.32 Å². The van der Waals surface area contributed by atoms with Gasteiger partial charge in [-0.15, -0.1) is 0 Å². The summed E-state index contributed by atoms with van der Waals surface area (Å²) >= 11 is 0. The normalized spacial score (nSPS) is 19.1. The van der Waals surface area contributed by atoms with Crippen molar-refractivity contribution in [2.75, 3.05) is 6.54 Å². The van der Waals surface area contributed by atoms with E-state index in [9.17, 15) is 10.1 Å².